The third kappa shape index (κ3) is 7.23. The van der Waals surface area contributed by atoms with Crippen LogP contribution < -0.4 is 10.6 Å². The molecule has 0 spiro atoms. The van der Waals surface area contributed by atoms with Gasteiger partial charge in [-0.3, -0.25) is 4.79 Å². The zero-order chi connectivity index (χ0) is 13.4. The highest BCUT2D eigenvalue weighted by Crippen LogP contribution is 2.00. The summed E-state index contributed by atoms with van der Waals surface area (Å²) in [5.41, 5.74) is 0. The first-order valence-electron chi connectivity index (χ1n) is 5.88. The van der Waals surface area contributed by atoms with Crippen molar-refractivity contribution in [2.75, 3.05) is 6.54 Å². The average molecular weight is 252 g/mol. The van der Waals surface area contributed by atoms with Crippen molar-refractivity contribution in [2.45, 2.75) is 58.2 Å². The molecule has 0 aromatic heterocycles. The lowest BCUT2D eigenvalue weighted by Gasteiger charge is -2.19. The number of nitrogens with one attached hydrogen (secondary N) is 2. The predicted octanol–water partition coefficient (Wildman–Crippen LogP) is 0.895. The highest BCUT2D eigenvalue weighted by Gasteiger charge is 2.20. The van der Waals surface area contributed by atoms with E-state index in [4.69, 9.17) is 5.11 Å². The quantitative estimate of drug-likeness (QED) is 0.601. The van der Waals surface area contributed by atoms with E-state index in [-0.39, 0.29) is 18.5 Å². The van der Waals surface area contributed by atoms with Crippen molar-refractivity contribution in [2.24, 2.45) is 0 Å². The van der Waals surface area contributed by atoms with Gasteiger partial charge in [0.25, 0.3) is 6.43 Å². The van der Waals surface area contributed by atoms with Gasteiger partial charge in [0.1, 0.15) is 6.10 Å². The molecule has 0 bridgehead atoms. The first-order valence-corrected chi connectivity index (χ1v) is 5.88. The van der Waals surface area contributed by atoms with E-state index in [0.29, 0.717) is 0 Å². The molecule has 4 nitrogen and oxygen atoms in total. The van der Waals surface area contributed by atoms with Crippen LogP contribution in [-0.2, 0) is 4.79 Å². The first kappa shape index (κ1) is 16.2. The molecule has 0 fully saturated rings. The van der Waals surface area contributed by atoms with E-state index in [9.17, 15) is 13.6 Å². The van der Waals surface area contributed by atoms with Gasteiger partial charge in [-0.25, -0.2) is 8.78 Å². The second kappa shape index (κ2) is 8.36. The number of alkyl halides is 2. The van der Waals surface area contributed by atoms with Gasteiger partial charge in [-0.2, -0.15) is 0 Å². The zero-order valence-electron chi connectivity index (χ0n) is 10.5. The van der Waals surface area contributed by atoms with Crippen LogP contribution in [0.4, 0.5) is 8.78 Å². The maximum absolute atomic E-state index is 12.0. The average Bonchev–Trinajstić information content (AvgIpc) is 2.25. The van der Waals surface area contributed by atoms with Crippen LogP contribution in [0.3, 0.4) is 0 Å². The van der Waals surface area contributed by atoms with Gasteiger partial charge in [-0.05, 0) is 20.3 Å². The van der Waals surface area contributed by atoms with Crippen molar-refractivity contribution in [3.05, 3.63) is 0 Å². The predicted molar refractivity (Wildman–Crippen MR) is 62.0 cm³/mol. The number of aliphatic hydroxyl groups is 1. The molecule has 102 valence electrons. The Labute approximate surface area is 101 Å². The Morgan fingerprint density at radius 1 is 1.35 bits per heavy atom. The maximum Gasteiger partial charge on any atom is 0.265 e. The highest BCUT2D eigenvalue weighted by atomic mass is 19.3. The molecule has 3 unspecified atom stereocenters. The molecular formula is C11H22F2N2O2. The lowest BCUT2D eigenvalue weighted by atomic mass is 10.2. The monoisotopic (exact) mass is 252 g/mol. The van der Waals surface area contributed by atoms with Crippen molar-refractivity contribution >= 4 is 5.91 Å². The normalized spacial score (nSPS) is 16.6. The summed E-state index contributed by atoms with van der Waals surface area (Å²) in [6.45, 7) is 5.19. The first-order chi connectivity index (χ1) is 7.88. The summed E-state index contributed by atoms with van der Waals surface area (Å²) in [4.78, 5) is 11.6. The number of carbonyl (C=O) groups is 1. The Morgan fingerprint density at radius 3 is 2.41 bits per heavy atom. The molecule has 17 heavy (non-hydrogen) atoms. The van der Waals surface area contributed by atoms with Crippen LogP contribution in [0.1, 0.15) is 33.6 Å². The highest BCUT2D eigenvalue weighted by molar-refractivity contribution is 5.81. The van der Waals surface area contributed by atoms with Crippen LogP contribution in [0.5, 0.6) is 0 Å². The number of aliphatic hydroxyl groups excluding tert-OH is 1. The van der Waals surface area contributed by atoms with E-state index >= 15 is 0 Å². The number of rotatable bonds is 8. The standard InChI is InChI=1S/C11H22F2N2O2/c1-4-5-7(2)15-11(17)8(3)14-6-9(16)10(12)13/h7-10,14,16H,4-6H2,1-3H3,(H,15,17). The molecule has 0 aliphatic heterocycles. The second-order valence-electron chi connectivity index (χ2n) is 4.23. The van der Waals surface area contributed by atoms with E-state index < -0.39 is 18.6 Å². The number of hydrogen-bond donors (Lipinski definition) is 3. The topological polar surface area (TPSA) is 61.4 Å². The molecule has 0 saturated heterocycles. The van der Waals surface area contributed by atoms with Crippen LogP contribution in [0.15, 0.2) is 0 Å². The Bertz CT molecular complexity index is 228. The molecule has 0 saturated carbocycles. The molecule has 3 atom stereocenters. The summed E-state index contributed by atoms with van der Waals surface area (Å²) in [7, 11) is 0. The lowest BCUT2D eigenvalue weighted by molar-refractivity contribution is -0.123. The molecule has 0 radical (unpaired) electrons. The molecule has 0 aliphatic rings. The number of amides is 1. The minimum Gasteiger partial charge on any atom is -0.386 e. The van der Waals surface area contributed by atoms with Crippen molar-refractivity contribution in [3.63, 3.8) is 0 Å². The molecule has 6 heteroatoms. The minimum absolute atomic E-state index is 0.0665. The van der Waals surface area contributed by atoms with E-state index in [1.54, 1.807) is 6.92 Å². The van der Waals surface area contributed by atoms with Gasteiger partial charge < -0.3 is 15.7 Å². The molecule has 0 aliphatic carbocycles. The Morgan fingerprint density at radius 2 is 1.94 bits per heavy atom. The Hall–Kier alpha value is -0.750. The summed E-state index contributed by atoms with van der Waals surface area (Å²) in [5.74, 6) is -0.243. The summed E-state index contributed by atoms with van der Waals surface area (Å²) in [6, 6.07) is -0.528. The van der Waals surface area contributed by atoms with Gasteiger partial charge in [0, 0.05) is 12.6 Å². The molecule has 0 heterocycles. The molecule has 0 aromatic carbocycles. The van der Waals surface area contributed by atoms with Crippen LogP contribution in [0, 0.1) is 0 Å². The molecule has 1 amide bonds. The number of carbonyl (C=O) groups excluding carboxylic acids is 1. The van der Waals surface area contributed by atoms with Gasteiger partial charge in [-0.15, -0.1) is 0 Å². The van der Waals surface area contributed by atoms with Gasteiger partial charge in [0.05, 0.1) is 6.04 Å². The lowest BCUT2D eigenvalue weighted by Crippen LogP contribution is -2.48. The Kier molecular flexibility index (Phi) is 7.99. The third-order valence-corrected chi connectivity index (χ3v) is 2.43. The van der Waals surface area contributed by atoms with E-state index in [0.717, 1.165) is 12.8 Å². The number of halogens is 2. The van der Waals surface area contributed by atoms with Crippen LogP contribution >= 0.6 is 0 Å². The summed E-state index contributed by atoms with van der Waals surface area (Å²) in [5, 5.41) is 14.2. The second-order valence-corrected chi connectivity index (χ2v) is 4.23. The fourth-order valence-corrected chi connectivity index (χ4v) is 1.35. The van der Waals surface area contributed by atoms with Crippen LogP contribution in [-0.4, -0.2) is 42.2 Å². The molecular weight excluding hydrogens is 230 g/mol. The SMILES string of the molecule is CCCC(C)NC(=O)C(C)NCC(O)C(F)F. The van der Waals surface area contributed by atoms with Crippen molar-refractivity contribution < 1.29 is 18.7 Å². The summed E-state index contributed by atoms with van der Waals surface area (Å²) < 4.78 is 24.0. The molecule has 0 rings (SSSR count). The molecule has 3 N–H and O–H groups in total. The van der Waals surface area contributed by atoms with E-state index in [1.165, 1.54) is 0 Å². The fraction of sp³-hybridized carbons (Fsp3) is 0.909. The van der Waals surface area contributed by atoms with Crippen molar-refractivity contribution in [3.8, 4) is 0 Å². The third-order valence-electron chi connectivity index (χ3n) is 2.43. The minimum atomic E-state index is -2.79. The van der Waals surface area contributed by atoms with Crippen molar-refractivity contribution in [1.29, 1.82) is 0 Å². The Balaban J connectivity index is 3.89. The summed E-state index contributed by atoms with van der Waals surface area (Å²) >= 11 is 0. The van der Waals surface area contributed by atoms with E-state index in [1.807, 2.05) is 13.8 Å². The maximum atomic E-state index is 12.0. The molecule has 0 aromatic rings. The van der Waals surface area contributed by atoms with Gasteiger partial charge in [-0.1, -0.05) is 13.3 Å². The smallest absolute Gasteiger partial charge is 0.265 e. The van der Waals surface area contributed by atoms with Gasteiger partial charge in [0.2, 0.25) is 5.91 Å². The summed E-state index contributed by atoms with van der Waals surface area (Å²) in [6.07, 6.45) is -2.69. The zero-order valence-corrected chi connectivity index (χ0v) is 10.5. The van der Waals surface area contributed by atoms with Crippen molar-refractivity contribution in [1.82, 2.24) is 10.6 Å². The van der Waals surface area contributed by atoms with Gasteiger partial charge in [0.15, 0.2) is 0 Å². The fourth-order valence-electron chi connectivity index (χ4n) is 1.35. The number of hydrogen-bond acceptors (Lipinski definition) is 3. The van der Waals surface area contributed by atoms with Crippen LogP contribution in [0.25, 0.3) is 0 Å². The van der Waals surface area contributed by atoms with E-state index in [2.05, 4.69) is 10.6 Å². The van der Waals surface area contributed by atoms with Crippen LogP contribution in [0.2, 0.25) is 0 Å². The van der Waals surface area contributed by atoms with Gasteiger partial charge >= 0.3 is 0 Å². The largest absolute Gasteiger partial charge is 0.386 e.